The fraction of sp³-hybridized carbons (Fsp3) is 0.667. The minimum atomic E-state index is -1.12. The number of nitrogens with zero attached hydrogens (tertiary/aromatic N) is 2. The van der Waals surface area contributed by atoms with Gasteiger partial charge in [-0.15, -0.1) is 0 Å². The van der Waals surface area contributed by atoms with Gasteiger partial charge in [0.05, 0.1) is 7.11 Å². The summed E-state index contributed by atoms with van der Waals surface area (Å²) in [6, 6.07) is 1.06. The van der Waals surface area contributed by atoms with Gasteiger partial charge in [-0.3, -0.25) is 14.2 Å². The van der Waals surface area contributed by atoms with Crippen LogP contribution in [0.2, 0.25) is 25.7 Å². The first-order chi connectivity index (χ1) is 8.76. The molecule has 0 bridgehead atoms. The Labute approximate surface area is 113 Å². The number of esters is 1. The molecule has 6 nitrogen and oxygen atoms in total. The average molecular weight is 286 g/mol. The molecule has 1 heterocycles. The number of hydrogen-bond acceptors (Lipinski definition) is 4. The second-order valence-electron chi connectivity index (χ2n) is 5.65. The number of carbonyl (C=O) groups is 1. The number of hydrogen-bond donors (Lipinski definition) is 0. The van der Waals surface area contributed by atoms with E-state index in [4.69, 9.17) is 4.74 Å². The van der Waals surface area contributed by atoms with E-state index in [0.717, 1.165) is 6.04 Å². The quantitative estimate of drug-likeness (QED) is 0.449. The van der Waals surface area contributed by atoms with Crippen LogP contribution in [0.4, 0.5) is 0 Å². The Morgan fingerprint density at radius 3 is 2.53 bits per heavy atom. The van der Waals surface area contributed by atoms with Crippen LogP contribution in [0, 0.1) is 0 Å². The van der Waals surface area contributed by atoms with E-state index in [1.54, 1.807) is 11.7 Å². The summed E-state index contributed by atoms with van der Waals surface area (Å²) in [5.74, 6) is -0.624. The van der Waals surface area contributed by atoms with E-state index in [2.05, 4.69) is 24.4 Å². The van der Waals surface area contributed by atoms with Gasteiger partial charge in [0.25, 0.3) is 5.56 Å². The number of ether oxygens (including phenoxy) is 2. The molecule has 1 rings (SSSR count). The van der Waals surface area contributed by atoms with Crippen molar-refractivity contribution in [2.75, 3.05) is 13.7 Å². The lowest BCUT2D eigenvalue weighted by atomic mass is 10.4. The number of rotatable bonds is 6. The first-order valence-corrected chi connectivity index (χ1v) is 9.89. The molecule has 0 saturated carbocycles. The second kappa shape index (κ2) is 6.20. The van der Waals surface area contributed by atoms with Crippen molar-refractivity contribution in [3.8, 4) is 0 Å². The van der Waals surface area contributed by atoms with Crippen LogP contribution < -0.4 is 5.56 Å². The lowest BCUT2D eigenvalue weighted by molar-refractivity contribution is 0.0597. The highest BCUT2D eigenvalue weighted by atomic mass is 28.3. The average Bonchev–Trinajstić information content (AvgIpc) is 2.60. The summed E-state index contributed by atoms with van der Waals surface area (Å²) in [4.78, 5) is 23.2. The summed E-state index contributed by atoms with van der Waals surface area (Å²) in [6.07, 6.45) is 1.46. The van der Waals surface area contributed by atoms with E-state index in [1.165, 1.54) is 18.0 Å². The van der Waals surface area contributed by atoms with Crippen molar-refractivity contribution in [1.29, 1.82) is 0 Å². The molecule has 1 aromatic heterocycles. The van der Waals surface area contributed by atoms with Gasteiger partial charge in [-0.1, -0.05) is 19.6 Å². The largest absolute Gasteiger partial charge is 0.465 e. The van der Waals surface area contributed by atoms with Gasteiger partial charge in [-0.05, 0) is 6.04 Å². The van der Waals surface area contributed by atoms with Crippen molar-refractivity contribution in [3.05, 3.63) is 22.1 Å². The van der Waals surface area contributed by atoms with E-state index in [9.17, 15) is 9.59 Å². The molecule has 0 radical (unpaired) electrons. The highest BCUT2D eigenvalue weighted by molar-refractivity contribution is 6.76. The summed E-state index contributed by atoms with van der Waals surface area (Å²) >= 11 is 0. The summed E-state index contributed by atoms with van der Waals surface area (Å²) in [5.41, 5.74) is -0.348. The Morgan fingerprint density at radius 1 is 1.37 bits per heavy atom. The molecule has 0 fully saturated rings. The molecular formula is C12H22N2O4Si. The normalized spacial score (nSPS) is 11.6. The SMILES string of the molecule is COC(=O)c1cn(COCC[Si](C)(C)C)n(C)c1=O. The minimum Gasteiger partial charge on any atom is -0.465 e. The lowest BCUT2D eigenvalue weighted by Crippen LogP contribution is -2.24. The van der Waals surface area contributed by atoms with Gasteiger partial charge in [0.2, 0.25) is 0 Å². The molecule has 0 unspecified atom stereocenters. The predicted molar refractivity (Wildman–Crippen MR) is 75.1 cm³/mol. The maximum absolute atomic E-state index is 11.8. The number of methoxy groups -OCH3 is 1. The van der Waals surface area contributed by atoms with Gasteiger partial charge in [0.15, 0.2) is 0 Å². The van der Waals surface area contributed by atoms with E-state index >= 15 is 0 Å². The fourth-order valence-corrected chi connectivity index (χ4v) is 2.25. The van der Waals surface area contributed by atoms with E-state index in [0.29, 0.717) is 6.61 Å². The van der Waals surface area contributed by atoms with Gasteiger partial charge in [-0.2, -0.15) is 0 Å². The molecule has 1 aromatic rings. The highest BCUT2D eigenvalue weighted by Crippen LogP contribution is 2.07. The Hall–Kier alpha value is -1.34. The third kappa shape index (κ3) is 4.36. The molecule has 0 spiro atoms. The molecule has 0 amide bonds. The molecule has 0 aromatic carbocycles. The predicted octanol–water partition coefficient (Wildman–Crippen LogP) is 1.29. The fourth-order valence-electron chi connectivity index (χ4n) is 1.49. The molecule has 0 atom stereocenters. The van der Waals surface area contributed by atoms with Crippen LogP contribution in [0.3, 0.4) is 0 Å². The van der Waals surface area contributed by atoms with Gasteiger partial charge < -0.3 is 9.47 Å². The van der Waals surface area contributed by atoms with E-state index in [-0.39, 0.29) is 17.9 Å². The van der Waals surface area contributed by atoms with Crippen molar-refractivity contribution in [2.24, 2.45) is 7.05 Å². The van der Waals surface area contributed by atoms with Crippen LogP contribution in [0.25, 0.3) is 0 Å². The van der Waals surface area contributed by atoms with Crippen LogP contribution in [-0.4, -0.2) is 37.1 Å². The third-order valence-corrected chi connectivity index (χ3v) is 4.52. The monoisotopic (exact) mass is 286 g/mol. The molecule has 0 saturated heterocycles. The van der Waals surface area contributed by atoms with Crippen LogP contribution in [0.5, 0.6) is 0 Å². The third-order valence-electron chi connectivity index (χ3n) is 2.81. The Bertz CT molecular complexity index is 499. The zero-order valence-electron chi connectivity index (χ0n) is 12.2. The zero-order chi connectivity index (χ0) is 14.6. The molecule has 7 heteroatoms. The lowest BCUT2D eigenvalue weighted by Gasteiger charge is -2.16. The Morgan fingerprint density at radius 2 is 2.00 bits per heavy atom. The van der Waals surface area contributed by atoms with Crippen LogP contribution in [0.15, 0.2) is 11.0 Å². The summed E-state index contributed by atoms with van der Waals surface area (Å²) in [5, 5.41) is 0. The molecular weight excluding hydrogens is 264 g/mol. The standard InChI is InChI=1S/C12H22N2O4Si/c1-13-11(15)10(12(16)17-2)8-14(13)9-18-6-7-19(3,4)5/h8H,6-7,9H2,1-5H3. The van der Waals surface area contributed by atoms with Crippen LogP contribution in [-0.2, 0) is 23.3 Å². The first kappa shape index (κ1) is 15.7. The molecule has 108 valence electrons. The first-order valence-electron chi connectivity index (χ1n) is 6.19. The van der Waals surface area contributed by atoms with Crippen molar-refractivity contribution in [3.63, 3.8) is 0 Å². The molecule has 0 aliphatic rings. The smallest absolute Gasteiger partial charge is 0.345 e. The summed E-state index contributed by atoms with van der Waals surface area (Å²) < 4.78 is 13.0. The number of carbonyl (C=O) groups excluding carboxylic acids is 1. The van der Waals surface area contributed by atoms with Gasteiger partial charge in [0, 0.05) is 27.9 Å². The van der Waals surface area contributed by atoms with E-state index < -0.39 is 14.0 Å². The summed E-state index contributed by atoms with van der Waals surface area (Å²) in [7, 11) is 1.73. The van der Waals surface area contributed by atoms with Crippen LogP contribution >= 0.6 is 0 Å². The maximum atomic E-state index is 11.8. The number of aromatic nitrogens is 2. The van der Waals surface area contributed by atoms with Crippen molar-refractivity contribution >= 4 is 14.0 Å². The molecule has 19 heavy (non-hydrogen) atoms. The Kier molecular flexibility index (Phi) is 5.13. The van der Waals surface area contributed by atoms with Crippen LogP contribution in [0.1, 0.15) is 10.4 Å². The van der Waals surface area contributed by atoms with Gasteiger partial charge in [0.1, 0.15) is 12.3 Å². The minimum absolute atomic E-state index is 0.0267. The highest BCUT2D eigenvalue weighted by Gasteiger charge is 2.17. The molecule has 0 aliphatic carbocycles. The zero-order valence-corrected chi connectivity index (χ0v) is 13.2. The van der Waals surface area contributed by atoms with Crippen molar-refractivity contribution < 1.29 is 14.3 Å². The van der Waals surface area contributed by atoms with Crippen molar-refractivity contribution in [1.82, 2.24) is 9.36 Å². The summed E-state index contributed by atoms with van der Waals surface area (Å²) in [6.45, 7) is 7.74. The van der Waals surface area contributed by atoms with Gasteiger partial charge >= 0.3 is 5.97 Å². The topological polar surface area (TPSA) is 62.5 Å². The molecule has 0 N–H and O–H groups in total. The maximum Gasteiger partial charge on any atom is 0.345 e. The van der Waals surface area contributed by atoms with E-state index in [1.807, 2.05) is 0 Å². The second-order valence-corrected chi connectivity index (χ2v) is 11.3. The van der Waals surface area contributed by atoms with Crippen molar-refractivity contribution in [2.45, 2.75) is 32.4 Å². The Balaban J connectivity index is 2.65. The van der Waals surface area contributed by atoms with Gasteiger partial charge in [-0.25, -0.2) is 4.79 Å². The molecule has 0 aliphatic heterocycles.